The highest BCUT2D eigenvalue weighted by atomic mass is 16.6. The number of nitro groups is 1. The molecule has 0 aliphatic rings. The molecule has 1 heterocycles. The van der Waals surface area contributed by atoms with Gasteiger partial charge in [0.2, 0.25) is 11.7 Å². The van der Waals surface area contributed by atoms with Crippen molar-refractivity contribution in [3.63, 3.8) is 0 Å². The van der Waals surface area contributed by atoms with E-state index in [0.29, 0.717) is 11.4 Å². The topological polar surface area (TPSA) is 130 Å². The molecule has 0 saturated heterocycles. The van der Waals surface area contributed by atoms with Gasteiger partial charge in [0.25, 0.3) is 5.69 Å². The first kappa shape index (κ1) is 15.3. The minimum atomic E-state index is -0.727. The first-order valence-corrected chi connectivity index (χ1v) is 6.95. The summed E-state index contributed by atoms with van der Waals surface area (Å²) in [6.07, 6.45) is 0. The second-order valence-corrected chi connectivity index (χ2v) is 4.97. The van der Waals surface area contributed by atoms with Gasteiger partial charge in [0, 0.05) is 17.2 Å². The molecule has 9 heteroatoms. The van der Waals surface area contributed by atoms with E-state index in [9.17, 15) is 14.9 Å². The molecule has 3 aromatic rings. The molecule has 120 valence electrons. The van der Waals surface area contributed by atoms with Gasteiger partial charge in [-0.3, -0.25) is 14.9 Å². The fourth-order valence-electron chi connectivity index (χ4n) is 2.19. The Bertz CT molecular complexity index is 907. The summed E-state index contributed by atoms with van der Waals surface area (Å²) < 4.78 is 0. The third kappa shape index (κ3) is 3.09. The molecule has 2 N–H and O–H groups in total. The third-order valence-corrected chi connectivity index (χ3v) is 3.36. The molecule has 0 spiro atoms. The highest BCUT2D eigenvalue weighted by Gasteiger charge is 2.18. The van der Waals surface area contributed by atoms with Crippen molar-refractivity contribution in [3.8, 4) is 11.4 Å². The van der Waals surface area contributed by atoms with Crippen molar-refractivity contribution in [2.75, 3.05) is 0 Å². The van der Waals surface area contributed by atoms with Gasteiger partial charge in [0.05, 0.1) is 17.0 Å². The molecule has 0 aliphatic carbocycles. The van der Waals surface area contributed by atoms with Gasteiger partial charge < -0.3 is 5.73 Å². The molecule has 0 atom stereocenters. The standard InChI is InChI=1S/C15H12N6O3/c16-14(22)11-6-7-12(13(8-11)21(23)24)9-20-18-15(17-19-20)10-4-2-1-3-5-10/h1-8H,9H2,(H2,16,22). The van der Waals surface area contributed by atoms with Crippen LogP contribution in [0.4, 0.5) is 5.69 Å². The van der Waals surface area contributed by atoms with Crippen LogP contribution in [-0.4, -0.2) is 31.0 Å². The Kier molecular flexibility index (Phi) is 3.98. The van der Waals surface area contributed by atoms with Crippen LogP contribution in [0.5, 0.6) is 0 Å². The molecule has 2 aromatic carbocycles. The van der Waals surface area contributed by atoms with E-state index in [-0.39, 0.29) is 17.8 Å². The largest absolute Gasteiger partial charge is 0.366 e. The van der Waals surface area contributed by atoms with E-state index in [1.54, 1.807) is 0 Å². The van der Waals surface area contributed by atoms with Crippen molar-refractivity contribution in [1.82, 2.24) is 20.2 Å². The molecular formula is C15H12N6O3. The van der Waals surface area contributed by atoms with Crippen LogP contribution in [0.25, 0.3) is 11.4 Å². The number of rotatable bonds is 5. The molecule has 9 nitrogen and oxygen atoms in total. The summed E-state index contributed by atoms with van der Waals surface area (Å²) in [7, 11) is 0. The Morgan fingerprint density at radius 1 is 1.21 bits per heavy atom. The molecule has 24 heavy (non-hydrogen) atoms. The lowest BCUT2D eigenvalue weighted by molar-refractivity contribution is -0.385. The highest BCUT2D eigenvalue weighted by Crippen LogP contribution is 2.21. The lowest BCUT2D eigenvalue weighted by atomic mass is 10.1. The molecule has 3 rings (SSSR count). The molecule has 0 aliphatic heterocycles. The number of nitrogens with zero attached hydrogens (tertiary/aromatic N) is 5. The Balaban J connectivity index is 1.90. The second kappa shape index (κ2) is 6.24. The summed E-state index contributed by atoms with van der Waals surface area (Å²) in [5.41, 5.74) is 6.15. The molecule has 0 radical (unpaired) electrons. The molecule has 1 aromatic heterocycles. The van der Waals surface area contributed by atoms with Gasteiger partial charge in [-0.15, -0.1) is 10.2 Å². The van der Waals surface area contributed by atoms with Gasteiger partial charge in [-0.1, -0.05) is 30.3 Å². The van der Waals surface area contributed by atoms with Crippen LogP contribution < -0.4 is 5.73 Å². The van der Waals surface area contributed by atoms with Crippen LogP contribution in [0, 0.1) is 10.1 Å². The van der Waals surface area contributed by atoms with E-state index in [2.05, 4.69) is 15.4 Å². The molecule has 0 fully saturated rings. The normalized spacial score (nSPS) is 10.5. The van der Waals surface area contributed by atoms with Gasteiger partial charge >= 0.3 is 0 Å². The van der Waals surface area contributed by atoms with Gasteiger partial charge in [-0.2, -0.15) is 4.80 Å². The maximum absolute atomic E-state index is 11.2. The summed E-state index contributed by atoms with van der Waals surface area (Å²) in [6.45, 7) is 0.0508. The van der Waals surface area contributed by atoms with Crippen LogP contribution in [0.1, 0.15) is 15.9 Å². The van der Waals surface area contributed by atoms with Gasteiger partial charge in [-0.05, 0) is 17.3 Å². The van der Waals surface area contributed by atoms with Crippen LogP contribution in [0.15, 0.2) is 48.5 Å². The number of aromatic nitrogens is 4. The number of hydrogen-bond donors (Lipinski definition) is 1. The maximum atomic E-state index is 11.2. The summed E-state index contributed by atoms with van der Waals surface area (Å²) in [5, 5.41) is 23.3. The number of nitrogens with two attached hydrogens (primary N) is 1. The number of carbonyl (C=O) groups excluding carboxylic acids is 1. The molecular weight excluding hydrogens is 312 g/mol. The molecule has 1 amide bonds. The second-order valence-electron chi connectivity index (χ2n) is 4.97. The average Bonchev–Trinajstić information content (AvgIpc) is 3.04. The van der Waals surface area contributed by atoms with Crippen molar-refractivity contribution in [1.29, 1.82) is 0 Å². The Labute approximate surface area is 135 Å². The third-order valence-electron chi connectivity index (χ3n) is 3.36. The Hall–Kier alpha value is -3.62. The molecule has 0 bridgehead atoms. The van der Waals surface area contributed by atoms with Gasteiger partial charge in [-0.25, -0.2) is 0 Å². The monoisotopic (exact) mass is 324 g/mol. The fourth-order valence-corrected chi connectivity index (χ4v) is 2.19. The molecule has 0 unspecified atom stereocenters. The number of benzene rings is 2. The Morgan fingerprint density at radius 2 is 1.96 bits per heavy atom. The number of amides is 1. The van der Waals surface area contributed by atoms with Crippen LogP contribution in [0.3, 0.4) is 0 Å². The van der Waals surface area contributed by atoms with E-state index in [1.165, 1.54) is 16.9 Å². The number of carbonyl (C=O) groups is 1. The number of hydrogen-bond acceptors (Lipinski definition) is 6. The zero-order chi connectivity index (χ0) is 17.1. The lowest BCUT2D eigenvalue weighted by Crippen LogP contribution is -2.12. The number of nitro benzene ring substituents is 1. The zero-order valence-corrected chi connectivity index (χ0v) is 12.4. The quantitative estimate of drug-likeness (QED) is 0.557. The minimum Gasteiger partial charge on any atom is -0.366 e. The summed E-state index contributed by atoms with van der Waals surface area (Å²) >= 11 is 0. The summed E-state index contributed by atoms with van der Waals surface area (Å²) in [5.74, 6) is -0.304. The van der Waals surface area contributed by atoms with E-state index < -0.39 is 10.8 Å². The van der Waals surface area contributed by atoms with Crippen LogP contribution in [-0.2, 0) is 6.54 Å². The van der Waals surface area contributed by atoms with E-state index in [4.69, 9.17) is 5.73 Å². The summed E-state index contributed by atoms with van der Waals surface area (Å²) in [6, 6.07) is 13.3. The van der Waals surface area contributed by atoms with E-state index in [0.717, 1.165) is 11.6 Å². The predicted molar refractivity (Wildman–Crippen MR) is 84.0 cm³/mol. The zero-order valence-electron chi connectivity index (χ0n) is 12.4. The first-order valence-electron chi connectivity index (χ1n) is 6.95. The van der Waals surface area contributed by atoms with E-state index in [1.807, 2.05) is 30.3 Å². The van der Waals surface area contributed by atoms with Crippen LogP contribution in [0.2, 0.25) is 0 Å². The fraction of sp³-hybridized carbons (Fsp3) is 0.0667. The van der Waals surface area contributed by atoms with Crippen molar-refractivity contribution in [2.45, 2.75) is 6.54 Å². The first-order chi connectivity index (χ1) is 11.5. The van der Waals surface area contributed by atoms with Crippen molar-refractivity contribution in [2.24, 2.45) is 5.73 Å². The van der Waals surface area contributed by atoms with Gasteiger partial charge in [0.15, 0.2) is 0 Å². The van der Waals surface area contributed by atoms with E-state index >= 15 is 0 Å². The smallest absolute Gasteiger partial charge is 0.275 e. The molecule has 0 saturated carbocycles. The summed E-state index contributed by atoms with van der Waals surface area (Å²) in [4.78, 5) is 23.1. The minimum absolute atomic E-state index is 0.0508. The van der Waals surface area contributed by atoms with Crippen molar-refractivity contribution < 1.29 is 9.72 Å². The van der Waals surface area contributed by atoms with Crippen molar-refractivity contribution >= 4 is 11.6 Å². The number of primary amides is 1. The maximum Gasteiger partial charge on any atom is 0.275 e. The number of tetrazole rings is 1. The predicted octanol–water partition coefficient (Wildman–Crippen LogP) is 1.40. The van der Waals surface area contributed by atoms with Gasteiger partial charge in [0.1, 0.15) is 0 Å². The Morgan fingerprint density at radius 3 is 2.62 bits per heavy atom. The highest BCUT2D eigenvalue weighted by molar-refractivity contribution is 5.93. The van der Waals surface area contributed by atoms with Crippen molar-refractivity contribution in [3.05, 3.63) is 69.8 Å². The SMILES string of the molecule is NC(=O)c1ccc(Cn2nnc(-c3ccccc3)n2)c([N+](=O)[O-])c1. The average molecular weight is 324 g/mol. The van der Waals surface area contributed by atoms with Crippen LogP contribution >= 0.6 is 0 Å². The lowest BCUT2D eigenvalue weighted by Gasteiger charge is -2.03.